The van der Waals surface area contributed by atoms with Crippen molar-refractivity contribution in [2.24, 2.45) is 0 Å². The Hall–Kier alpha value is -3.08. The summed E-state index contributed by atoms with van der Waals surface area (Å²) in [6.07, 6.45) is 2.43. The maximum Gasteiger partial charge on any atom is 0.255 e. The number of hydrogen-bond acceptors (Lipinski definition) is 3. The molecule has 1 heterocycles. The fourth-order valence-corrected chi connectivity index (χ4v) is 3.06. The summed E-state index contributed by atoms with van der Waals surface area (Å²) < 4.78 is 1.91. The minimum atomic E-state index is -0.0807. The third-order valence-corrected chi connectivity index (χ3v) is 4.61. The van der Waals surface area contributed by atoms with E-state index in [0.29, 0.717) is 18.7 Å². The van der Waals surface area contributed by atoms with Crippen LogP contribution in [0.25, 0.3) is 0 Å². The van der Waals surface area contributed by atoms with Crippen LogP contribution in [0, 0.1) is 0 Å². The number of aromatic nitrogens is 2. The Kier molecular flexibility index (Phi) is 5.91. The SMILES string of the molecule is CCc1c(C(=O)NCc2ccc(N(C)C)cc2)cnn1Cc1ccccc1. The summed E-state index contributed by atoms with van der Waals surface area (Å²) in [7, 11) is 4.02. The molecule has 0 saturated heterocycles. The van der Waals surface area contributed by atoms with Crippen LogP contribution in [0.2, 0.25) is 0 Å². The molecule has 0 fully saturated rings. The fourth-order valence-electron chi connectivity index (χ4n) is 3.06. The standard InChI is InChI=1S/C22H26N4O/c1-4-21-20(15-24-26(21)16-18-8-6-5-7-9-18)22(27)23-14-17-10-12-19(13-11-17)25(2)3/h5-13,15H,4,14,16H2,1-3H3,(H,23,27). The number of hydrogen-bond donors (Lipinski definition) is 1. The van der Waals surface area contributed by atoms with Gasteiger partial charge in [0.25, 0.3) is 5.91 Å². The molecule has 0 atom stereocenters. The molecule has 3 aromatic rings. The molecule has 1 aromatic heterocycles. The number of nitrogens with one attached hydrogen (secondary N) is 1. The highest BCUT2D eigenvalue weighted by molar-refractivity contribution is 5.95. The molecule has 0 unspecified atom stereocenters. The summed E-state index contributed by atoms with van der Waals surface area (Å²) in [4.78, 5) is 14.7. The molecule has 5 nitrogen and oxygen atoms in total. The van der Waals surface area contributed by atoms with E-state index in [9.17, 15) is 4.79 Å². The van der Waals surface area contributed by atoms with E-state index in [2.05, 4.69) is 46.5 Å². The van der Waals surface area contributed by atoms with Gasteiger partial charge in [-0.2, -0.15) is 5.10 Å². The van der Waals surface area contributed by atoms with Gasteiger partial charge in [-0.05, 0) is 29.7 Å². The van der Waals surface area contributed by atoms with E-state index < -0.39 is 0 Å². The Bertz CT molecular complexity index is 882. The van der Waals surface area contributed by atoms with E-state index in [1.165, 1.54) is 5.56 Å². The Labute approximate surface area is 160 Å². The molecule has 27 heavy (non-hydrogen) atoms. The van der Waals surface area contributed by atoms with Gasteiger partial charge in [0.15, 0.2) is 0 Å². The average molecular weight is 362 g/mol. The highest BCUT2D eigenvalue weighted by Gasteiger charge is 2.16. The van der Waals surface area contributed by atoms with E-state index in [1.54, 1.807) is 6.20 Å². The van der Waals surface area contributed by atoms with Gasteiger partial charge in [0.2, 0.25) is 0 Å². The van der Waals surface area contributed by atoms with Crippen LogP contribution in [-0.2, 0) is 19.5 Å². The zero-order valence-corrected chi connectivity index (χ0v) is 16.1. The Morgan fingerprint density at radius 1 is 1.04 bits per heavy atom. The minimum absolute atomic E-state index is 0.0807. The van der Waals surface area contributed by atoms with Crippen LogP contribution in [0.1, 0.15) is 34.1 Å². The van der Waals surface area contributed by atoms with Gasteiger partial charge in [-0.15, -0.1) is 0 Å². The van der Waals surface area contributed by atoms with Crippen molar-refractivity contribution >= 4 is 11.6 Å². The second-order valence-corrected chi connectivity index (χ2v) is 6.75. The quantitative estimate of drug-likeness (QED) is 0.700. The van der Waals surface area contributed by atoms with Crippen molar-refractivity contribution in [1.82, 2.24) is 15.1 Å². The molecule has 0 saturated carbocycles. The second kappa shape index (κ2) is 8.54. The summed E-state index contributed by atoms with van der Waals surface area (Å²) in [6, 6.07) is 18.3. The van der Waals surface area contributed by atoms with Crippen molar-refractivity contribution in [2.45, 2.75) is 26.4 Å². The first kappa shape index (κ1) is 18.7. The van der Waals surface area contributed by atoms with Crippen molar-refractivity contribution in [1.29, 1.82) is 0 Å². The third kappa shape index (κ3) is 4.56. The number of rotatable bonds is 7. The van der Waals surface area contributed by atoms with Crippen molar-refractivity contribution < 1.29 is 4.79 Å². The van der Waals surface area contributed by atoms with Crippen molar-refractivity contribution in [3.63, 3.8) is 0 Å². The van der Waals surface area contributed by atoms with E-state index in [-0.39, 0.29) is 5.91 Å². The lowest BCUT2D eigenvalue weighted by molar-refractivity contribution is 0.0950. The van der Waals surface area contributed by atoms with E-state index in [1.807, 2.05) is 49.1 Å². The number of benzene rings is 2. The summed E-state index contributed by atoms with van der Waals surface area (Å²) in [6.45, 7) is 3.22. The van der Waals surface area contributed by atoms with Crippen molar-refractivity contribution in [3.05, 3.63) is 83.2 Å². The van der Waals surface area contributed by atoms with Gasteiger partial charge >= 0.3 is 0 Å². The molecule has 3 rings (SSSR count). The first-order valence-corrected chi connectivity index (χ1v) is 9.21. The first-order valence-electron chi connectivity index (χ1n) is 9.21. The molecule has 0 radical (unpaired) electrons. The molecule has 1 N–H and O–H groups in total. The van der Waals surface area contributed by atoms with Crippen LogP contribution in [0.3, 0.4) is 0 Å². The smallest absolute Gasteiger partial charge is 0.255 e. The highest BCUT2D eigenvalue weighted by atomic mass is 16.1. The Morgan fingerprint density at radius 3 is 2.37 bits per heavy atom. The van der Waals surface area contributed by atoms with Gasteiger partial charge in [-0.3, -0.25) is 9.48 Å². The lowest BCUT2D eigenvalue weighted by Crippen LogP contribution is -2.24. The van der Waals surface area contributed by atoms with E-state index >= 15 is 0 Å². The predicted octanol–water partition coefficient (Wildman–Crippen LogP) is 3.49. The lowest BCUT2D eigenvalue weighted by Gasteiger charge is -2.13. The molecular weight excluding hydrogens is 336 g/mol. The van der Waals surface area contributed by atoms with E-state index in [0.717, 1.165) is 23.4 Å². The number of carbonyl (C=O) groups is 1. The molecule has 5 heteroatoms. The molecule has 0 bridgehead atoms. The largest absolute Gasteiger partial charge is 0.378 e. The van der Waals surface area contributed by atoms with E-state index in [4.69, 9.17) is 0 Å². The summed E-state index contributed by atoms with van der Waals surface area (Å²) in [5, 5.41) is 7.45. The average Bonchev–Trinajstić information content (AvgIpc) is 3.09. The molecule has 1 amide bonds. The number of amides is 1. The molecular formula is C22H26N4O. The van der Waals surface area contributed by atoms with Gasteiger partial charge in [0, 0.05) is 26.3 Å². The summed E-state index contributed by atoms with van der Waals surface area (Å²) in [5.41, 5.74) is 4.99. The van der Waals surface area contributed by atoms with Gasteiger partial charge in [-0.25, -0.2) is 0 Å². The highest BCUT2D eigenvalue weighted by Crippen LogP contribution is 2.14. The maximum absolute atomic E-state index is 12.7. The zero-order chi connectivity index (χ0) is 19.2. The number of carbonyl (C=O) groups excluding carboxylic acids is 1. The maximum atomic E-state index is 12.7. The summed E-state index contributed by atoms with van der Waals surface area (Å²) >= 11 is 0. The molecule has 0 spiro atoms. The molecule has 2 aromatic carbocycles. The summed E-state index contributed by atoms with van der Waals surface area (Å²) in [5.74, 6) is -0.0807. The predicted molar refractivity (Wildman–Crippen MR) is 109 cm³/mol. The fraction of sp³-hybridized carbons (Fsp3) is 0.273. The van der Waals surface area contributed by atoms with Gasteiger partial charge in [0.05, 0.1) is 24.0 Å². The normalized spacial score (nSPS) is 10.6. The first-order chi connectivity index (χ1) is 13.1. The molecule has 140 valence electrons. The monoisotopic (exact) mass is 362 g/mol. The van der Waals surface area contributed by atoms with Crippen molar-refractivity contribution in [3.8, 4) is 0 Å². The van der Waals surface area contributed by atoms with Gasteiger partial charge in [-0.1, -0.05) is 49.4 Å². The van der Waals surface area contributed by atoms with Crippen LogP contribution < -0.4 is 10.2 Å². The topological polar surface area (TPSA) is 50.2 Å². The van der Waals surface area contributed by atoms with Crippen LogP contribution in [-0.4, -0.2) is 29.8 Å². The third-order valence-electron chi connectivity index (χ3n) is 4.61. The number of nitrogens with zero attached hydrogens (tertiary/aromatic N) is 3. The van der Waals surface area contributed by atoms with Crippen LogP contribution >= 0.6 is 0 Å². The number of anilines is 1. The second-order valence-electron chi connectivity index (χ2n) is 6.75. The lowest BCUT2D eigenvalue weighted by atomic mass is 10.1. The molecule has 0 aliphatic heterocycles. The van der Waals surface area contributed by atoms with Crippen LogP contribution in [0.4, 0.5) is 5.69 Å². The Morgan fingerprint density at radius 2 is 1.74 bits per heavy atom. The van der Waals surface area contributed by atoms with Gasteiger partial charge in [0.1, 0.15) is 0 Å². The molecule has 0 aliphatic carbocycles. The van der Waals surface area contributed by atoms with Crippen LogP contribution in [0.15, 0.2) is 60.8 Å². The zero-order valence-electron chi connectivity index (χ0n) is 16.1. The minimum Gasteiger partial charge on any atom is -0.378 e. The van der Waals surface area contributed by atoms with Crippen molar-refractivity contribution in [2.75, 3.05) is 19.0 Å². The Balaban J connectivity index is 1.67. The van der Waals surface area contributed by atoms with Gasteiger partial charge < -0.3 is 10.2 Å². The van der Waals surface area contributed by atoms with Crippen LogP contribution in [0.5, 0.6) is 0 Å². The molecule has 0 aliphatic rings.